The fraction of sp³-hybridized carbons (Fsp3) is 0.722. The molecule has 2 heterocycles. The first-order chi connectivity index (χ1) is 9.69. The number of carbonyl (C=O) groups is 1. The molecule has 1 fully saturated rings. The van der Waals surface area contributed by atoms with Crippen molar-refractivity contribution in [3.63, 3.8) is 0 Å². The van der Waals surface area contributed by atoms with E-state index in [1.54, 1.807) is 0 Å². The lowest BCUT2D eigenvalue weighted by Crippen LogP contribution is -2.53. The van der Waals surface area contributed by atoms with Crippen molar-refractivity contribution in [3.05, 3.63) is 22.8 Å². The van der Waals surface area contributed by atoms with Gasteiger partial charge in [0.1, 0.15) is 5.60 Å². The summed E-state index contributed by atoms with van der Waals surface area (Å²) in [6.07, 6.45) is 6.45. The van der Waals surface area contributed by atoms with Crippen molar-refractivity contribution in [3.8, 4) is 0 Å². The molecule has 0 N–H and O–H groups in total. The highest BCUT2D eigenvalue weighted by molar-refractivity contribution is 5.70. The zero-order valence-corrected chi connectivity index (χ0v) is 14.3. The van der Waals surface area contributed by atoms with Crippen LogP contribution in [-0.2, 0) is 4.74 Å². The van der Waals surface area contributed by atoms with E-state index in [-0.39, 0.29) is 12.1 Å². The summed E-state index contributed by atoms with van der Waals surface area (Å²) in [4.78, 5) is 14.5. The van der Waals surface area contributed by atoms with Gasteiger partial charge in [0.05, 0.1) is 6.04 Å². The van der Waals surface area contributed by atoms with Gasteiger partial charge < -0.3 is 4.74 Å². The third-order valence-corrected chi connectivity index (χ3v) is 4.47. The van der Waals surface area contributed by atoms with Crippen molar-refractivity contribution in [2.24, 2.45) is 0 Å². The lowest BCUT2D eigenvalue weighted by molar-refractivity contribution is -0.00124. The Kier molecular flexibility index (Phi) is 4.50. The molecule has 0 aromatic carbocycles. The minimum Gasteiger partial charge on any atom is -0.444 e. The van der Waals surface area contributed by atoms with Crippen LogP contribution in [0.2, 0.25) is 0 Å². The molecule has 2 aliphatic heterocycles. The molecule has 0 radical (unpaired) electrons. The van der Waals surface area contributed by atoms with Gasteiger partial charge >= 0.3 is 6.09 Å². The number of hydrogen-bond acceptors (Lipinski definition) is 2. The molecule has 2 aliphatic rings. The normalized spacial score (nSPS) is 25.2. The predicted octanol–water partition coefficient (Wildman–Crippen LogP) is 4.83. The van der Waals surface area contributed by atoms with Gasteiger partial charge in [-0.05, 0) is 78.4 Å². The molecule has 118 valence electrons. The van der Waals surface area contributed by atoms with Gasteiger partial charge in [-0.3, -0.25) is 4.90 Å². The quantitative estimate of drug-likeness (QED) is 0.692. The van der Waals surface area contributed by atoms with E-state index in [9.17, 15) is 4.79 Å². The van der Waals surface area contributed by atoms with E-state index in [1.165, 1.54) is 23.1 Å². The van der Waals surface area contributed by atoms with Crippen LogP contribution >= 0.6 is 0 Å². The van der Waals surface area contributed by atoms with E-state index in [0.717, 1.165) is 19.3 Å². The summed E-state index contributed by atoms with van der Waals surface area (Å²) in [6, 6.07) is 0.504. The van der Waals surface area contributed by atoms with Gasteiger partial charge in [0.25, 0.3) is 0 Å². The largest absolute Gasteiger partial charge is 0.444 e. The summed E-state index contributed by atoms with van der Waals surface area (Å²) in [5, 5.41) is 0. The Labute approximate surface area is 129 Å². The Balaban J connectivity index is 2.24. The third kappa shape index (κ3) is 3.69. The number of ether oxygens (including phenoxy) is 1. The van der Waals surface area contributed by atoms with E-state index >= 15 is 0 Å². The summed E-state index contributed by atoms with van der Waals surface area (Å²) in [7, 11) is 0. The second-order valence-electron chi connectivity index (χ2n) is 7.56. The number of carbonyl (C=O) groups excluding carboxylic acids is 1. The monoisotopic (exact) mass is 291 g/mol. The van der Waals surface area contributed by atoms with Crippen LogP contribution in [0.3, 0.4) is 0 Å². The molecule has 3 nitrogen and oxygen atoms in total. The Bertz CT molecular complexity index is 478. The summed E-state index contributed by atoms with van der Waals surface area (Å²) >= 11 is 0. The maximum absolute atomic E-state index is 12.5. The molecular weight excluding hydrogens is 262 g/mol. The molecule has 2 bridgehead atoms. The Morgan fingerprint density at radius 1 is 1.24 bits per heavy atom. The van der Waals surface area contributed by atoms with Crippen LogP contribution in [0.15, 0.2) is 22.8 Å². The molecule has 3 heteroatoms. The Morgan fingerprint density at radius 3 is 2.43 bits per heavy atom. The van der Waals surface area contributed by atoms with Gasteiger partial charge in [-0.15, -0.1) is 0 Å². The van der Waals surface area contributed by atoms with Crippen LogP contribution < -0.4 is 0 Å². The average Bonchev–Trinajstić information content (AvgIpc) is 2.33. The molecule has 2 unspecified atom stereocenters. The van der Waals surface area contributed by atoms with Crippen molar-refractivity contribution in [2.75, 3.05) is 0 Å². The number of allylic oxidation sites excluding steroid dienone is 2. The van der Waals surface area contributed by atoms with Gasteiger partial charge in [-0.1, -0.05) is 11.6 Å². The molecule has 2 atom stereocenters. The van der Waals surface area contributed by atoms with Crippen LogP contribution in [0.5, 0.6) is 0 Å². The molecule has 1 saturated heterocycles. The summed E-state index contributed by atoms with van der Waals surface area (Å²) in [5.41, 5.74) is 3.75. The molecule has 0 aliphatic carbocycles. The standard InChI is InChI=1S/C18H29NO2/c1-12(2)13(3)14-10-15-8-7-9-16(11-14)19(15)17(20)21-18(4,5)6/h10,15-16H,7-9,11H2,1-6H3. The SMILES string of the molecule is CC(C)=C(C)C1=CC2CCCC(C1)N2C(=O)OC(C)(C)C. The topological polar surface area (TPSA) is 29.5 Å². The molecule has 0 saturated carbocycles. The first-order valence-corrected chi connectivity index (χ1v) is 8.05. The molecular formula is C18H29NO2. The second-order valence-corrected chi connectivity index (χ2v) is 7.56. The van der Waals surface area contributed by atoms with Crippen molar-refractivity contribution in [1.82, 2.24) is 4.90 Å². The Morgan fingerprint density at radius 2 is 1.90 bits per heavy atom. The fourth-order valence-electron chi connectivity index (χ4n) is 3.23. The van der Waals surface area contributed by atoms with E-state index in [0.29, 0.717) is 6.04 Å². The summed E-state index contributed by atoms with van der Waals surface area (Å²) < 4.78 is 5.60. The molecule has 0 aromatic rings. The van der Waals surface area contributed by atoms with Crippen molar-refractivity contribution >= 4 is 6.09 Å². The van der Waals surface area contributed by atoms with Gasteiger partial charge in [-0.25, -0.2) is 4.79 Å². The Hall–Kier alpha value is -1.25. The summed E-state index contributed by atoms with van der Waals surface area (Å²) in [5.74, 6) is 0. The average molecular weight is 291 g/mol. The third-order valence-electron chi connectivity index (χ3n) is 4.47. The first-order valence-electron chi connectivity index (χ1n) is 8.05. The van der Waals surface area contributed by atoms with Crippen LogP contribution in [0, 0.1) is 0 Å². The highest BCUT2D eigenvalue weighted by Gasteiger charge is 2.39. The molecule has 21 heavy (non-hydrogen) atoms. The second kappa shape index (κ2) is 5.86. The molecule has 0 aromatic heterocycles. The van der Waals surface area contributed by atoms with E-state index < -0.39 is 5.60 Å². The highest BCUT2D eigenvalue weighted by atomic mass is 16.6. The first kappa shape index (κ1) is 16.1. The fourth-order valence-corrected chi connectivity index (χ4v) is 3.23. The maximum Gasteiger partial charge on any atom is 0.411 e. The van der Waals surface area contributed by atoms with E-state index in [2.05, 4.69) is 26.8 Å². The molecule has 2 rings (SSSR count). The van der Waals surface area contributed by atoms with Crippen LogP contribution in [0.1, 0.15) is 67.2 Å². The number of rotatable bonds is 1. The number of amides is 1. The van der Waals surface area contributed by atoms with Crippen molar-refractivity contribution in [2.45, 2.75) is 84.9 Å². The zero-order valence-electron chi connectivity index (χ0n) is 14.3. The minimum absolute atomic E-state index is 0.151. The number of fused-ring (bicyclic) bond motifs is 2. The molecule has 1 amide bonds. The van der Waals surface area contributed by atoms with Crippen molar-refractivity contribution in [1.29, 1.82) is 0 Å². The predicted molar refractivity (Wildman–Crippen MR) is 86.2 cm³/mol. The summed E-state index contributed by atoms with van der Waals surface area (Å²) in [6.45, 7) is 12.3. The smallest absolute Gasteiger partial charge is 0.411 e. The zero-order chi connectivity index (χ0) is 15.8. The van der Waals surface area contributed by atoms with Crippen LogP contribution in [-0.4, -0.2) is 28.7 Å². The number of hydrogen-bond donors (Lipinski definition) is 0. The molecule has 0 spiro atoms. The lowest BCUT2D eigenvalue weighted by atomic mass is 9.82. The van der Waals surface area contributed by atoms with E-state index in [4.69, 9.17) is 4.74 Å². The van der Waals surface area contributed by atoms with E-state index in [1.807, 2.05) is 25.7 Å². The highest BCUT2D eigenvalue weighted by Crippen LogP contribution is 2.37. The van der Waals surface area contributed by atoms with Gasteiger partial charge in [-0.2, -0.15) is 0 Å². The van der Waals surface area contributed by atoms with Crippen LogP contribution in [0.25, 0.3) is 0 Å². The number of nitrogens with zero attached hydrogens (tertiary/aromatic N) is 1. The van der Waals surface area contributed by atoms with Crippen molar-refractivity contribution < 1.29 is 9.53 Å². The number of piperidine rings is 1. The van der Waals surface area contributed by atoms with Gasteiger partial charge in [0, 0.05) is 6.04 Å². The maximum atomic E-state index is 12.5. The van der Waals surface area contributed by atoms with Crippen LogP contribution in [0.4, 0.5) is 4.79 Å². The minimum atomic E-state index is -0.425. The van der Waals surface area contributed by atoms with Gasteiger partial charge in [0.15, 0.2) is 0 Å². The van der Waals surface area contributed by atoms with Gasteiger partial charge in [0.2, 0.25) is 0 Å². The lowest BCUT2D eigenvalue weighted by Gasteiger charge is -2.45.